The van der Waals surface area contributed by atoms with E-state index in [1.54, 1.807) is 0 Å². The second-order valence-corrected chi connectivity index (χ2v) is 3.77. The van der Waals surface area contributed by atoms with E-state index in [0.29, 0.717) is 6.04 Å². The van der Waals surface area contributed by atoms with Crippen molar-refractivity contribution in [3.63, 3.8) is 0 Å². The topological polar surface area (TPSA) is 21.3 Å². The molecule has 0 aliphatic heterocycles. The summed E-state index contributed by atoms with van der Waals surface area (Å²) in [5.74, 6) is 0.736. The molecule has 0 amide bonds. The van der Waals surface area contributed by atoms with Gasteiger partial charge in [0.1, 0.15) is 0 Å². The average molecular weight is 185 g/mol. The molecule has 13 heavy (non-hydrogen) atoms. The second-order valence-electron chi connectivity index (χ2n) is 3.77. The first kappa shape index (κ1) is 12.7. The predicted molar refractivity (Wildman–Crippen MR) is 57.9 cm³/mol. The molecule has 0 bridgehead atoms. The summed E-state index contributed by atoms with van der Waals surface area (Å²) in [4.78, 5) is 0. The zero-order valence-corrected chi connectivity index (χ0v) is 9.18. The average Bonchev–Trinajstić information content (AvgIpc) is 2.10. The van der Waals surface area contributed by atoms with Gasteiger partial charge in [0.15, 0.2) is 0 Å². The van der Waals surface area contributed by atoms with Gasteiger partial charge < -0.3 is 10.1 Å². The molecule has 0 spiro atoms. The minimum absolute atomic E-state index is 0.383. The van der Waals surface area contributed by atoms with Crippen molar-refractivity contribution < 1.29 is 4.74 Å². The smallest absolute Gasteiger partial charge is 0.0591 e. The fourth-order valence-corrected chi connectivity index (χ4v) is 0.863. The van der Waals surface area contributed by atoms with Gasteiger partial charge in [-0.15, -0.1) is 6.58 Å². The van der Waals surface area contributed by atoms with E-state index >= 15 is 0 Å². The Labute approximate surface area is 82.4 Å². The number of ether oxygens (including phenoxy) is 1. The van der Waals surface area contributed by atoms with Crippen LogP contribution in [0, 0.1) is 5.92 Å². The summed E-state index contributed by atoms with van der Waals surface area (Å²) in [5, 5.41) is 3.28. The highest BCUT2D eigenvalue weighted by Gasteiger charge is 1.95. The second kappa shape index (κ2) is 8.27. The maximum absolute atomic E-state index is 5.44. The third-order valence-electron chi connectivity index (χ3n) is 1.91. The summed E-state index contributed by atoms with van der Waals surface area (Å²) in [6.07, 6.45) is 3.05. The van der Waals surface area contributed by atoms with Crippen molar-refractivity contribution in [3.05, 3.63) is 12.7 Å². The van der Waals surface area contributed by atoms with E-state index < -0.39 is 0 Å². The van der Waals surface area contributed by atoms with E-state index in [-0.39, 0.29) is 0 Å². The largest absolute Gasteiger partial charge is 0.380 e. The zero-order chi connectivity index (χ0) is 10.1. The number of rotatable bonds is 8. The van der Waals surface area contributed by atoms with Crippen LogP contribution in [-0.4, -0.2) is 25.8 Å². The molecule has 0 saturated heterocycles. The van der Waals surface area contributed by atoms with Gasteiger partial charge in [-0.05, 0) is 19.3 Å². The van der Waals surface area contributed by atoms with Crippen LogP contribution in [0.3, 0.4) is 0 Å². The Balaban J connectivity index is 3.03. The van der Waals surface area contributed by atoms with Crippen molar-refractivity contribution in [1.82, 2.24) is 5.32 Å². The van der Waals surface area contributed by atoms with Gasteiger partial charge in [-0.25, -0.2) is 0 Å². The molecule has 0 heterocycles. The molecule has 1 unspecified atom stereocenters. The molecule has 2 heteroatoms. The SMILES string of the molecule is C=CC(C)NCCOCCC(C)C. The third kappa shape index (κ3) is 9.57. The lowest BCUT2D eigenvalue weighted by Gasteiger charge is -2.09. The summed E-state index contributed by atoms with van der Waals surface area (Å²) in [7, 11) is 0. The first-order valence-electron chi connectivity index (χ1n) is 5.10. The van der Waals surface area contributed by atoms with Crippen molar-refractivity contribution in [2.75, 3.05) is 19.8 Å². The Morgan fingerprint density at radius 1 is 1.31 bits per heavy atom. The third-order valence-corrected chi connectivity index (χ3v) is 1.91. The molecule has 2 nitrogen and oxygen atoms in total. The van der Waals surface area contributed by atoms with Crippen LogP contribution in [0.4, 0.5) is 0 Å². The fourth-order valence-electron chi connectivity index (χ4n) is 0.863. The van der Waals surface area contributed by atoms with E-state index in [1.807, 2.05) is 6.08 Å². The highest BCUT2D eigenvalue weighted by Crippen LogP contribution is 1.98. The Bertz CT molecular complexity index is 123. The quantitative estimate of drug-likeness (QED) is 0.462. The molecule has 0 saturated carbocycles. The highest BCUT2D eigenvalue weighted by atomic mass is 16.5. The molecule has 78 valence electrons. The van der Waals surface area contributed by atoms with Gasteiger partial charge in [-0.2, -0.15) is 0 Å². The molecular formula is C11H23NO. The van der Waals surface area contributed by atoms with Crippen LogP contribution in [0.25, 0.3) is 0 Å². The first-order valence-corrected chi connectivity index (χ1v) is 5.10. The molecule has 0 aliphatic rings. The maximum Gasteiger partial charge on any atom is 0.0591 e. The molecular weight excluding hydrogens is 162 g/mol. The van der Waals surface area contributed by atoms with E-state index in [4.69, 9.17) is 4.74 Å². The van der Waals surface area contributed by atoms with Crippen LogP contribution in [-0.2, 0) is 4.74 Å². The van der Waals surface area contributed by atoms with Crippen molar-refractivity contribution in [2.24, 2.45) is 5.92 Å². The molecule has 0 rings (SSSR count). The van der Waals surface area contributed by atoms with Crippen molar-refractivity contribution in [3.8, 4) is 0 Å². The summed E-state index contributed by atoms with van der Waals surface area (Å²) < 4.78 is 5.44. The molecule has 0 aromatic rings. The van der Waals surface area contributed by atoms with Crippen molar-refractivity contribution in [2.45, 2.75) is 33.2 Å². The van der Waals surface area contributed by atoms with E-state index in [9.17, 15) is 0 Å². The normalized spacial score (nSPS) is 13.2. The van der Waals surface area contributed by atoms with Gasteiger partial charge in [-0.3, -0.25) is 0 Å². The summed E-state index contributed by atoms with van der Waals surface area (Å²) >= 11 is 0. The van der Waals surface area contributed by atoms with Crippen LogP contribution in [0.15, 0.2) is 12.7 Å². The number of hydrogen-bond acceptors (Lipinski definition) is 2. The van der Waals surface area contributed by atoms with Gasteiger partial charge in [0, 0.05) is 19.2 Å². The zero-order valence-electron chi connectivity index (χ0n) is 9.18. The number of hydrogen-bond donors (Lipinski definition) is 1. The molecule has 0 fully saturated rings. The van der Waals surface area contributed by atoms with E-state index in [0.717, 1.165) is 32.1 Å². The Morgan fingerprint density at radius 3 is 2.54 bits per heavy atom. The Kier molecular flexibility index (Phi) is 8.05. The van der Waals surface area contributed by atoms with E-state index in [1.165, 1.54) is 0 Å². The van der Waals surface area contributed by atoms with Crippen LogP contribution in [0.1, 0.15) is 27.2 Å². The molecule has 1 atom stereocenters. The maximum atomic E-state index is 5.44. The lowest BCUT2D eigenvalue weighted by atomic mass is 10.1. The van der Waals surface area contributed by atoms with Crippen LogP contribution >= 0.6 is 0 Å². The van der Waals surface area contributed by atoms with Crippen molar-refractivity contribution in [1.29, 1.82) is 0 Å². The van der Waals surface area contributed by atoms with Crippen LogP contribution in [0.5, 0.6) is 0 Å². The Morgan fingerprint density at radius 2 is 2.00 bits per heavy atom. The minimum atomic E-state index is 0.383. The fraction of sp³-hybridized carbons (Fsp3) is 0.818. The molecule has 0 aromatic heterocycles. The van der Waals surface area contributed by atoms with Crippen molar-refractivity contribution >= 4 is 0 Å². The van der Waals surface area contributed by atoms with Crippen LogP contribution < -0.4 is 5.32 Å². The summed E-state index contributed by atoms with van der Waals surface area (Å²) in [6, 6.07) is 0.383. The van der Waals surface area contributed by atoms with Gasteiger partial charge in [0.05, 0.1) is 6.61 Å². The summed E-state index contributed by atoms with van der Waals surface area (Å²) in [5.41, 5.74) is 0. The molecule has 0 aromatic carbocycles. The highest BCUT2D eigenvalue weighted by molar-refractivity contribution is 4.80. The standard InChI is InChI=1S/C11H23NO/c1-5-11(4)12-7-9-13-8-6-10(2)3/h5,10-12H,1,6-9H2,2-4H3. The van der Waals surface area contributed by atoms with Gasteiger partial charge in [0.25, 0.3) is 0 Å². The summed E-state index contributed by atoms with van der Waals surface area (Å²) in [6.45, 7) is 12.8. The number of nitrogens with one attached hydrogen (secondary N) is 1. The van der Waals surface area contributed by atoms with Crippen LogP contribution in [0.2, 0.25) is 0 Å². The first-order chi connectivity index (χ1) is 6.16. The molecule has 1 N–H and O–H groups in total. The Hall–Kier alpha value is -0.340. The molecule has 0 aliphatic carbocycles. The molecule has 0 radical (unpaired) electrons. The lowest BCUT2D eigenvalue weighted by molar-refractivity contribution is 0.124. The van der Waals surface area contributed by atoms with Gasteiger partial charge in [-0.1, -0.05) is 19.9 Å². The van der Waals surface area contributed by atoms with Gasteiger partial charge >= 0.3 is 0 Å². The lowest BCUT2D eigenvalue weighted by Crippen LogP contribution is -2.27. The minimum Gasteiger partial charge on any atom is -0.380 e. The predicted octanol–water partition coefficient (Wildman–Crippen LogP) is 2.21. The van der Waals surface area contributed by atoms with E-state index in [2.05, 4.69) is 32.7 Å². The monoisotopic (exact) mass is 185 g/mol. The van der Waals surface area contributed by atoms with Gasteiger partial charge in [0.2, 0.25) is 0 Å².